The van der Waals surface area contributed by atoms with Crippen molar-refractivity contribution in [3.05, 3.63) is 42.2 Å². The Morgan fingerprint density at radius 1 is 1.12 bits per heavy atom. The monoisotopic (exact) mass is 541 g/mol. The predicted molar refractivity (Wildman–Crippen MR) is 149 cm³/mol. The second-order valence-electron chi connectivity index (χ2n) is 9.89. The second-order valence-corrected chi connectivity index (χ2v) is 9.89. The number of anilines is 1. The number of carbonyl (C=O) groups is 2. The number of carbonyl (C=O) groups excluding carboxylic acids is 2. The van der Waals surface area contributed by atoms with Crippen molar-refractivity contribution in [2.75, 3.05) is 63.9 Å². The Kier molecular flexibility index (Phi) is 7.31. The van der Waals surface area contributed by atoms with E-state index in [-0.39, 0.29) is 12.5 Å². The van der Waals surface area contributed by atoms with E-state index in [1.807, 2.05) is 28.9 Å². The molecule has 2 aliphatic rings. The highest BCUT2D eigenvalue weighted by atomic mass is 16.5. The number of morpholine rings is 1. The zero-order valence-electron chi connectivity index (χ0n) is 22.4. The number of ether oxygens (including phenoxy) is 1. The standard InChI is InChI=1S/C28H31N9O3/c1-2-4-25(38)29-17-26(39)35-9-7-34(8-10-35)18-20-15-24-28(36-11-13-40-14-12-36)31-27(33-37(24)19-20)21-5-3-6-23-22(21)16-30-32-23/h3,5-6,15-16,19H,7-14,17-18H2,1H3,(H,29,38)(H,30,32). The van der Waals surface area contributed by atoms with Gasteiger partial charge >= 0.3 is 0 Å². The molecule has 0 aliphatic carbocycles. The van der Waals surface area contributed by atoms with Crippen molar-refractivity contribution < 1.29 is 14.3 Å². The van der Waals surface area contributed by atoms with E-state index in [1.165, 1.54) is 0 Å². The van der Waals surface area contributed by atoms with E-state index in [2.05, 4.69) is 49.4 Å². The van der Waals surface area contributed by atoms with Gasteiger partial charge in [0.1, 0.15) is 5.52 Å². The molecule has 12 heteroatoms. The summed E-state index contributed by atoms with van der Waals surface area (Å²) in [5.74, 6) is 5.94. The molecule has 40 heavy (non-hydrogen) atoms. The van der Waals surface area contributed by atoms with Crippen LogP contribution in [0, 0.1) is 11.8 Å². The van der Waals surface area contributed by atoms with Crippen molar-refractivity contribution in [2.45, 2.75) is 13.5 Å². The number of benzene rings is 1. The first-order valence-electron chi connectivity index (χ1n) is 13.4. The normalized spacial score (nSPS) is 16.2. The summed E-state index contributed by atoms with van der Waals surface area (Å²) in [6.07, 6.45) is 3.88. The molecule has 0 atom stereocenters. The lowest BCUT2D eigenvalue weighted by molar-refractivity contribution is -0.133. The van der Waals surface area contributed by atoms with Crippen molar-refractivity contribution in [1.82, 2.24) is 39.9 Å². The third-order valence-corrected chi connectivity index (χ3v) is 7.31. The van der Waals surface area contributed by atoms with E-state index in [0.29, 0.717) is 32.1 Å². The number of piperazine rings is 1. The summed E-state index contributed by atoms with van der Waals surface area (Å²) in [6, 6.07) is 8.16. The molecule has 6 rings (SSSR count). The van der Waals surface area contributed by atoms with Gasteiger partial charge in [-0.3, -0.25) is 19.6 Å². The van der Waals surface area contributed by atoms with Crippen molar-refractivity contribution in [1.29, 1.82) is 0 Å². The molecule has 4 aromatic rings. The van der Waals surface area contributed by atoms with Crippen molar-refractivity contribution in [2.24, 2.45) is 0 Å². The zero-order chi connectivity index (χ0) is 27.5. The quantitative estimate of drug-likeness (QED) is 0.345. The fraction of sp³-hybridized carbons (Fsp3) is 0.393. The van der Waals surface area contributed by atoms with Gasteiger partial charge in [-0.15, -0.1) is 5.10 Å². The summed E-state index contributed by atoms with van der Waals surface area (Å²) in [5.41, 5.74) is 3.96. The molecule has 2 aliphatic heterocycles. The molecule has 0 saturated carbocycles. The molecule has 0 radical (unpaired) electrons. The minimum Gasteiger partial charge on any atom is -0.378 e. The van der Waals surface area contributed by atoms with E-state index in [4.69, 9.17) is 14.8 Å². The van der Waals surface area contributed by atoms with Gasteiger partial charge in [-0.25, -0.2) is 9.50 Å². The third-order valence-electron chi connectivity index (χ3n) is 7.31. The van der Waals surface area contributed by atoms with Crippen LogP contribution in [-0.4, -0.2) is 105 Å². The molecule has 2 fully saturated rings. The third kappa shape index (κ3) is 5.34. The number of hydrogen-bond acceptors (Lipinski definition) is 8. The van der Waals surface area contributed by atoms with Crippen LogP contribution >= 0.6 is 0 Å². The summed E-state index contributed by atoms with van der Waals surface area (Å²) < 4.78 is 7.53. The molecular formula is C28H31N9O3. The van der Waals surface area contributed by atoms with Crippen molar-refractivity contribution in [3.8, 4) is 23.2 Å². The van der Waals surface area contributed by atoms with Gasteiger partial charge < -0.3 is 19.9 Å². The van der Waals surface area contributed by atoms with Gasteiger partial charge in [0.05, 0.1) is 31.5 Å². The van der Waals surface area contributed by atoms with Gasteiger partial charge in [0.15, 0.2) is 11.6 Å². The van der Waals surface area contributed by atoms with E-state index in [9.17, 15) is 9.59 Å². The van der Waals surface area contributed by atoms with Crippen LogP contribution in [0.15, 0.2) is 36.7 Å². The van der Waals surface area contributed by atoms with Crippen LogP contribution in [0.2, 0.25) is 0 Å². The number of fused-ring (bicyclic) bond motifs is 2. The Morgan fingerprint density at radius 3 is 2.75 bits per heavy atom. The zero-order valence-corrected chi connectivity index (χ0v) is 22.4. The maximum absolute atomic E-state index is 12.5. The molecule has 1 aromatic carbocycles. The SMILES string of the molecule is CC#CC(=O)NCC(=O)N1CCN(Cc2cc3c(N4CCOCC4)nc(-c4cccc5[nH]ncc45)nn3c2)CC1. The molecule has 0 bridgehead atoms. The largest absolute Gasteiger partial charge is 0.378 e. The summed E-state index contributed by atoms with van der Waals surface area (Å²) in [5, 5.41) is 15.7. The van der Waals surface area contributed by atoms with Crippen LogP contribution < -0.4 is 10.2 Å². The fourth-order valence-corrected chi connectivity index (χ4v) is 5.25. The highest BCUT2D eigenvalue weighted by molar-refractivity contribution is 5.96. The van der Waals surface area contributed by atoms with E-state index in [0.717, 1.165) is 66.1 Å². The average Bonchev–Trinajstić information content (AvgIpc) is 3.63. The Hall–Kier alpha value is -4.47. The number of H-pyrrole nitrogens is 1. The maximum atomic E-state index is 12.5. The number of nitrogens with one attached hydrogen (secondary N) is 2. The summed E-state index contributed by atoms with van der Waals surface area (Å²) in [6.45, 7) is 7.87. The molecule has 2 saturated heterocycles. The lowest BCUT2D eigenvalue weighted by Crippen LogP contribution is -2.50. The van der Waals surface area contributed by atoms with Crippen LogP contribution in [0.5, 0.6) is 0 Å². The van der Waals surface area contributed by atoms with Gasteiger partial charge in [-0.05, 0) is 30.5 Å². The van der Waals surface area contributed by atoms with E-state index < -0.39 is 5.91 Å². The van der Waals surface area contributed by atoms with Crippen LogP contribution in [0.3, 0.4) is 0 Å². The lowest BCUT2D eigenvalue weighted by atomic mass is 10.1. The first-order chi connectivity index (χ1) is 19.6. The van der Waals surface area contributed by atoms with Crippen LogP contribution in [0.1, 0.15) is 12.5 Å². The van der Waals surface area contributed by atoms with E-state index in [1.54, 1.807) is 11.8 Å². The van der Waals surface area contributed by atoms with Gasteiger partial charge in [0, 0.05) is 63.0 Å². The molecule has 12 nitrogen and oxygen atoms in total. The van der Waals surface area contributed by atoms with Crippen LogP contribution in [-0.2, 0) is 20.9 Å². The van der Waals surface area contributed by atoms with Gasteiger partial charge in [-0.1, -0.05) is 18.1 Å². The molecule has 2 amide bonds. The Morgan fingerprint density at radius 2 is 1.95 bits per heavy atom. The summed E-state index contributed by atoms with van der Waals surface area (Å²) >= 11 is 0. The van der Waals surface area contributed by atoms with E-state index >= 15 is 0 Å². The number of aromatic amines is 1. The van der Waals surface area contributed by atoms with Gasteiger partial charge in [0.25, 0.3) is 5.91 Å². The number of amides is 2. The van der Waals surface area contributed by atoms with Gasteiger partial charge in [-0.2, -0.15) is 5.10 Å². The highest BCUT2D eigenvalue weighted by Gasteiger charge is 2.24. The van der Waals surface area contributed by atoms with Crippen molar-refractivity contribution >= 4 is 34.1 Å². The Balaban J connectivity index is 1.21. The lowest BCUT2D eigenvalue weighted by Gasteiger charge is -2.34. The van der Waals surface area contributed by atoms with Crippen LogP contribution in [0.4, 0.5) is 5.82 Å². The van der Waals surface area contributed by atoms with Gasteiger partial charge in [0.2, 0.25) is 5.91 Å². The molecule has 0 spiro atoms. The highest BCUT2D eigenvalue weighted by Crippen LogP contribution is 2.29. The molecule has 0 unspecified atom stereocenters. The number of rotatable bonds is 6. The molecule has 3 aromatic heterocycles. The number of aromatic nitrogens is 5. The topological polar surface area (TPSA) is 124 Å². The molecule has 5 heterocycles. The maximum Gasteiger partial charge on any atom is 0.296 e. The molecular weight excluding hydrogens is 510 g/mol. The number of nitrogens with zero attached hydrogens (tertiary/aromatic N) is 7. The Labute approximate surface area is 231 Å². The minimum absolute atomic E-state index is 0.0315. The number of hydrogen-bond donors (Lipinski definition) is 2. The predicted octanol–water partition coefficient (Wildman–Crippen LogP) is 0.893. The summed E-state index contributed by atoms with van der Waals surface area (Å²) in [7, 11) is 0. The fourth-order valence-electron chi connectivity index (χ4n) is 5.25. The molecule has 2 N–H and O–H groups in total. The first kappa shape index (κ1) is 25.8. The van der Waals surface area contributed by atoms with Crippen LogP contribution in [0.25, 0.3) is 27.8 Å². The molecule has 206 valence electrons. The first-order valence-corrected chi connectivity index (χ1v) is 13.4. The average molecular weight is 542 g/mol. The van der Waals surface area contributed by atoms with Crippen molar-refractivity contribution in [3.63, 3.8) is 0 Å². The smallest absolute Gasteiger partial charge is 0.296 e. The Bertz CT molecular complexity index is 1600. The second kappa shape index (κ2) is 11.3. The minimum atomic E-state index is -0.431. The summed E-state index contributed by atoms with van der Waals surface area (Å²) in [4.78, 5) is 35.5.